The number of aryl methyl sites for hydroxylation is 2. The van der Waals surface area contributed by atoms with Crippen LogP contribution in [0.5, 0.6) is 0 Å². The van der Waals surface area contributed by atoms with Gasteiger partial charge in [0, 0.05) is 12.0 Å². The van der Waals surface area contributed by atoms with Crippen molar-refractivity contribution in [1.29, 1.82) is 5.26 Å². The molecule has 0 spiro atoms. The van der Waals surface area contributed by atoms with Crippen molar-refractivity contribution in [2.75, 3.05) is 0 Å². The van der Waals surface area contributed by atoms with E-state index in [4.69, 9.17) is 4.98 Å². The molecule has 1 atom stereocenters. The summed E-state index contributed by atoms with van der Waals surface area (Å²) in [5.74, 6) is 0.190. The van der Waals surface area contributed by atoms with Crippen LogP contribution in [0.2, 0.25) is 0 Å². The van der Waals surface area contributed by atoms with Crippen molar-refractivity contribution in [3.63, 3.8) is 0 Å². The number of benzene rings is 3. The van der Waals surface area contributed by atoms with E-state index in [1.807, 2.05) is 30.3 Å². The smallest absolute Gasteiger partial charge is 0.261 e. The first-order chi connectivity index (χ1) is 17.8. The molecule has 0 fully saturated rings. The van der Waals surface area contributed by atoms with Crippen molar-refractivity contribution in [3.05, 3.63) is 117 Å². The Labute approximate surface area is 216 Å². The summed E-state index contributed by atoms with van der Waals surface area (Å²) in [6, 6.07) is 21.1. The van der Waals surface area contributed by atoms with Gasteiger partial charge in [0.25, 0.3) is 5.56 Å². The molecule has 1 aromatic heterocycles. The van der Waals surface area contributed by atoms with Crippen LogP contribution in [0, 0.1) is 24.1 Å². The molecule has 188 valence electrons. The summed E-state index contributed by atoms with van der Waals surface area (Å²) < 4.78 is 15.5. The Kier molecular flexibility index (Phi) is 7.95. The molecule has 1 unspecified atom stereocenters. The molecule has 0 bridgehead atoms. The van der Waals surface area contributed by atoms with Gasteiger partial charge in [-0.1, -0.05) is 55.8 Å². The number of aromatic nitrogens is 2. The van der Waals surface area contributed by atoms with E-state index in [1.165, 1.54) is 12.1 Å². The Hall–Kier alpha value is -4.08. The number of hydrogen-bond acceptors (Lipinski definition) is 4. The van der Waals surface area contributed by atoms with Gasteiger partial charge in [0.2, 0.25) is 0 Å². The van der Waals surface area contributed by atoms with Crippen LogP contribution in [0.1, 0.15) is 66.6 Å². The highest BCUT2D eigenvalue weighted by Gasteiger charge is 2.19. The van der Waals surface area contributed by atoms with E-state index in [-0.39, 0.29) is 17.8 Å². The van der Waals surface area contributed by atoms with Gasteiger partial charge in [-0.25, -0.2) is 9.37 Å². The summed E-state index contributed by atoms with van der Waals surface area (Å²) >= 11 is 0. The summed E-state index contributed by atoms with van der Waals surface area (Å²) in [4.78, 5) is 18.8. The molecule has 0 aliphatic heterocycles. The molecule has 5 nitrogen and oxygen atoms in total. The number of aliphatic hydroxyl groups excluding tert-OH is 1. The van der Waals surface area contributed by atoms with E-state index in [9.17, 15) is 19.6 Å². The van der Waals surface area contributed by atoms with Gasteiger partial charge < -0.3 is 5.11 Å². The first-order valence-electron chi connectivity index (χ1n) is 12.5. The minimum absolute atomic E-state index is 0.193. The standard InChI is InChI=1S/C31H30FN3O2/c1-4-5-15-30-28(31(37)35(21(3)34-30)26-13-7-9-22(17-26)20(2)36)18-24-11-8-14-27(29(24)19-33)23-10-6-12-25(32)16-23/h6-14,16-17,20,36H,4-5,15,18H2,1-3H3. The Bertz CT molecular complexity index is 1530. The molecule has 0 saturated carbocycles. The first-order valence-corrected chi connectivity index (χ1v) is 12.5. The SMILES string of the molecule is CCCCc1nc(C)n(-c2cccc(C(C)O)c2)c(=O)c1Cc1cccc(-c2cccc(F)c2)c1C#N. The van der Waals surface area contributed by atoms with Crippen molar-refractivity contribution in [2.24, 2.45) is 0 Å². The number of halogens is 1. The second-order valence-electron chi connectivity index (χ2n) is 9.24. The summed E-state index contributed by atoms with van der Waals surface area (Å²) in [6.07, 6.45) is 2.05. The molecule has 6 heteroatoms. The molecule has 4 aromatic rings. The van der Waals surface area contributed by atoms with E-state index < -0.39 is 6.10 Å². The van der Waals surface area contributed by atoms with Crippen LogP contribution >= 0.6 is 0 Å². The summed E-state index contributed by atoms with van der Waals surface area (Å²) in [5, 5.41) is 20.1. The van der Waals surface area contributed by atoms with Gasteiger partial charge >= 0.3 is 0 Å². The fourth-order valence-electron chi connectivity index (χ4n) is 4.64. The zero-order chi connectivity index (χ0) is 26.5. The number of nitriles is 1. The summed E-state index contributed by atoms with van der Waals surface area (Å²) in [5.41, 5.74) is 4.74. The van der Waals surface area contributed by atoms with Crippen LogP contribution in [0.15, 0.2) is 71.5 Å². The third-order valence-electron chi connectivity index (χ3n) is 6.57. The fraction of sp³-hybridized carbons (Fsp3) is 0.258. The Morgan fingerprint density at radius 1 is 1.11 bits per heavy atom. The van der Waals surface area contributed by atoms with Gasteiger partial charge in [0.05, 0.1) is 23.0 Å². The second kappa shape index (κ2) is 11.3. The fourth-order valence-corrected chi connectivity index (χ4v) is 4.64. The van der Waals surface area contributed by atoms with E-state index in [0.29, 0.717) is 51.3 Å². The summed E-state index contributed by atoms with van der Waals surface area (Å²) in [6.45, 7) is 5.58. The molecule has 0 saturated heterocycles. The molecule has 4 rings (SSSR count). The minimum Gasteiger partial charge on any atom is -0.389 e. The van der Waals surface area contributed by atoms with Gasteiger partial charge in [0.1, 0.15) is 17.7 Å². The molecule has 37 heavy (non-hydrogen) atoms. The highest BCUT2D eigenvalue weighted by atomic mass is 19.1. The predicted molar refractivity (Wildman–Crippen MR) is 143 cm³/mol. The molecule has 1 heterocycles. The Morgan fingerprint density at radius 3 is 2.57 bits per heavy atom. The van der Waals surface area contributed by atoms with Gasteiger partial charge in [0.15, 0.2) is 0 Å². The molecule has 0 aliphatic rings. The van der Waals surface area contributed by atoms with Gasteiger partial charge in [-0.3, -0.25) is 9.36 Å². The van der Waals surface area contributed by atoms with Crippen molar-refractivity contribution >= 4 is 0 Å². The molecule has 3 aromatic carbocycles. The second-order valence-corrected chi connectivity index (χ2v) is 9.24. The van der Waals surface area contributed by atoms with E-state index in [1.54, 1.807) is 42.7 Å². The van der Waals surface area contributed by atoms with Gasteiger partial charge in [-0.05, 0) is 73.2 Å². The molecular weight excluding hydrogens is 465 g/mol. The van der Waals surface area contributed by atoms with Crippen LogP contribution in [0.4, 0.5) is 4.39 Å². The normalized spacial score (nSPS) is 11.8. The van der Waals surface area contributed by atoms with Gasteiger partial charge in [-0.15, -0.1) is 0 Å². The quantitative estimate of drug-likeness (QED) is 0.315. The maximum Gasteiger partial charge on any atom is 0.261 e. The van der Waals surface area contributed by atoms with Crippen molar-refractivity contribution in [1.82, 2.24) is 9.55 Å². The lowest BCUT2D eigenvalue weighted by molar-refractivity contribution is 0.199. The van der Waals surface area contributed by atoms with Crippen LogP contribution in [0.3, 0.4) is 0 Å². The maximum atomic E-state index is 14.0. The predicted octanol–water partition coefficient (Wildman–Crippen LogP) is 6.21. The highest BCUT2D eigenvalue weighted by Crippen LogP contribution is 2.28. The largest absolute Gasteiger partial charge is 0.389 e. The number of unbranched alkanes of at least 4 members (excludes halogenated alkanes) is 1. The average Bonchev–Trinajstić information content (AvgIpc) is 2.89. The lowest BCUT2D eigenvalue weighted by Gasteiger charge is -2.17. The summed E-state index contributed by atoms with van der Waals surface area (Å²) in [7, 11) is 0. The Morgan fingerprint density at radius 2 is 1.86 bits per heavy atom. The Balaban J connectivity index is 1.88. The van der Waals surface area contributed by atoms with Crippen molar-refractivity contribution < 1.29 is 9.50 Å². The molecule has 1 N–H and O–H groups in total. The molecular formula is C31H30FN3O2. The molecule has 0 amide bonds. The number of rotatable bonds is 8. The number of aliphatic hydroxyl groups is 1. The third kappa shape index (κ3) is 5.52. The molecule has 0 radical (unpaired) electrons. The van der Waals surface area contributed by atoms with Crippen molar-refractivity contribution in [3.8, 4) is 22.9 Å². The van der Waals surface area contributed by atoms with E-state index in [0.717, 1.165) is 18.5 Å². The van der Waals surface area contributed by atoms with E-state index in [2.05, 4.69) is 13.0 Å². The van der Waals surface area contributed by atoms with Crippen molar-refractivity contribution in [2.45, 2.75) is 52.6 Å². The van der Waals surface area contributed by atoms with Gasteiger partial charge in [-0.2, -0.15) is 5.26 Å². The topological polar surface area (TPSA) is 78.9 Å². The first kappa shape index (κ1) is 26.0. The average molecular weight is 496 g/mol. The highest BCUT2D eigenvalue weighted by molar-refractivity contribution is 5.72. The minimum atomic E-state index is -0.670. The lowest BCUT2D eigenvalue weighted by atomic mass is 9.92. The zero-order valence-electron chi connectivity index (χ0n) is 21.3. The number of nitrogens with zero attached hydrogens (tertiary/aromatic N) is 3. The molecule has 0 aliphatic carbocycles. The third-order valence-corrected chi connectivity index (χ3v) is 6.57. The monoisotopic (exact) mass is 495 g/mol. The zero-order valence-corrected chi connectivity index (χ0v) is 21.3. The van der Waals surface area contributed by atoms with Crippen LogP contribution < -0.4 is 5.56 Å². The maximum absolute atomic E-state index is 14.0. The number of hydrogen-bond donors (Lipinski definition) is 1. The van der Waals surface area contributed by atoms with E-state index >= 15 is 0 Å². The van der Waals surface area contributed by atoms with Crippen LogP contribution in [-0.4, -0.2) is 14.7 Å². The van der Waals surface area contributed by atoms with Crippen LogP contribution in [-0.2, 0) is 12.8 Å². The van der Waals surface area contributed by atoms with Crippen LogP contribution in [0.25, 0.3) is 16.8 Å². The lowest BCUT2D eigenvalue weighted by Crippen LogP contribution is -2.28.